The van der Waals surface area contributed by atoms with Gasteiger partial charge in [0.05, 0.1) is 15.2 Å². The molecule has 0 unspecified atom stereocenters. The molecule has 0 saturated carbocycles. The first-order chi connectivity index (χ1) is 8.47. The van der Waals surface area contributed by atoms with Gasteiger partial charge in [-0.15, -0.1) is 11.3 Å². The lowest BCUT2D eigenvalue weighted by Gasteiger charge is -2.03. The van der Waals surface area contributed by atoms with E-state index in [2.05, 4.69) is 26.2 Å². The molecule has 2 heterocycles. The molecule has 2 rings (SSSR count). The number of hydrogen-bond donors (Lipinski definition) is 1. The first-order valence-electron chi connectivity index (χ1n) is 5.50. The van der Waals surface area contributed by atoms with Gasteiger partial charge in [-0.3, -0.25) is 4.79 Å². The van der Waals surface area contributed by atoms with Gasteiger partial charge >= 0.3 is 0 Å². The summed E-state index contributed by atoms with van der Waals surface area (Å²) in [6.45, 7) is 6.31. The number of thiophene rings is 1. The summed E-state index contributed by atoms with van der Waals surface area (Å²) in [7, 11) is 0. The zero-order valence-corrected chi connectivity index (χ0v) is 13.4. The molecule has 0 fully saturated rings. The van der Waals surface area contributed by atoms with Crippen molar-refractivity contribution in [1.82, 2.24) is 10.3 Å². The van der Waals surface area contributed by atoms with E-state index in [1.807, 2.05) is 20.8 Å². The summed E-state index contributed by atoms with van der Waals surface area (Å²) < 4.78 is 0.778. The van der Waals surface area contributed by atoms with E-state index in [0.29, 0.717) is 16.4 Å². The molecule has 1 amide bonds. The number of nitrogens with one attached hydrogen (secondary N) is 1. The average molecular weight is 348 g/mol. The third kappa shape index (κ3) is 2.15. The molecule has 0 bridgehead atoms. The van der Waals surface area contributed by atoms with Crippen LogP contribution in [0.25, 0.3) is 10.2 Å². The molecule has 0 aromatic carbocycles. The number of carbonyl (C=O) groups is 1. The van der Waals surface area contributed by atoms with Crippen LogP contribution in [0.4, 0.5) is 0 Å². The second-order valence-corrected chi connectivity index (χ2v) is 6.09. The van der Waals surface area contributed by atoms with Gasteiger partial charge < -0.3 is 5.32 Å². The van der Waals surface area contributed by atoms with Gasteiger partial charge in [-0.05, 0) is 42.3 Å². The third-order valence-corrected chi connectivity index (χ3v) is 5.36. The molecule has 18 heavy (non-hydrogen) atoms. The van der Waals surface area contributed by atoms with Crippen molar-refractivity contribution in [1.29, 1.82) is 0 Å². The molecule has 2 aromatic rings. The number of nitrogens with zero attached hydrogens (tertiary/aromatic N) is 1. The normalized spacial score (nSPS) is 10.9. The van der Waals surface area contributed by atoms with Crippen molar-refractivity contribution in [3.05, 3.63) is 25.6 Å². The summed E-state index contributed by atoms with van der Waals surface area (Å²) in [4.78, 5) is 17.8. The van der Waals surface area contributed by atoms with E-state index in [9.17, 15) is 4.79 Å². The van der Waals surface area contributed by atoms with Crippen molar-refractivity contribution < 1.29 is 4.79 Å². The first kappa shape index (κ1) is 13.8. The zero-order valence-electron chi connectivity index (χ0n) is 10.2. The molecule has 96 valence electrons. The Labute approximate surface area is 123 Å². The molecule has 6 heteroatoms. The van der Waals surface area contributed by atoms with Gasteiger partial charge in [0.2, 0.25) is 0 Å². The van der Waals surface area contributed by atoms with E-state index in [1.165, 1.54) is 11.3 Å². The minimum atomic E-state index is -0.0828. The van der Waals surface area contributed by atoms with Gasteiger partial charge in [-0.25, -0.2) is 4.98 Å². The standard InChI is InChI=1S/C12H12BrClN2OS/c1-4-15-11(17)10-8(13)7-5(2)9(14)6(3)16-12(7)18-10/h4H2,1-3H3,(H,15,17). The fraction of sp³-hybridized carbons (Fsp3) is 0.333. The Morgan fingerprint density at radius 3 is 2.78 bits per heavy atom. The number of aromatic nitrogens is 1. The third-order valence-electron chi connectivity index (χ3n) is 2.67. The van der Waals surface area contributed by atoms with E-state index >= 15 is 0 Å². The number of amides is 1. The Morgan fingerprint density at radius 1 is 1.50 bits per heavy atom. The molecule has 0 aliphatic carbocycles. The van der Waals surface area contributed by atoms with Gasteiger partial charge in [0.1, 0.15) is 9.71 Å². The molecule has 2 aromatic heterocycles. The van der Waals surface area contributed by atoms with E-state index in [-0.39, 0.29) is 5.91 Å². The van der Waals surface area contributed by atoms with Crippen molar-refractivity contribution in [2.45, 2.75) is 20.8 Å². The second-order valence-electron chi connectivity index (χ2n) is 3.92. The monoisotopic (exact) mass is 346 g/mol. The minimum absolute atomic E-state index is 0.0828. The van der Waals surface area contributed by atoms with Crippen molar-refractivity contribution in [3.8, 4) is 0 Å². The summed E-state index contributed by atoms with van der Waals surface area (Å²) in [5, 5.41) is 4.38. The van der Waals surface area contributed by atoms with Gasteiger partial charge in [0.25, 0.3) is 5.91 Å². The number of hydrogen-bond acceptors (Lipinski definition) is 3. The van der Waals surface area contributed by atoms with Crippen LogP contribution in [0.2, 0.25) is 5.02 Å². The van der Waals surface area contributed by atoms with Crippen LogP contribution in [0.15, 0.2) is 4.47 Å². The molecule has 3 nitrogen and oxygen atoms in total. The quantitative estimate of drug-likeness (QED) is 0.889. The molecule has 1 N–H and O–H groups in total. The van der Waals surface area contributed by atoms with E-state index < -0.39 is 0 Å². The van der Waals surface area contributed by atoms with Crippen molar-refractivity contribution in [3.63, 3.8) is 0 Å². The number of pyridine rings is 1. The molecule has 0 radical (unpaired) electrons. The number of halogens is 2. The van der Waals surface area contributed by atoms with Crippen LogP contribution >= 0.6 is 38.9 Å². The number of aryl methyl sites for hydroxylation is 2. The predicted octanol–water partition coefficient (Wildman–Crippen LogP) is 4.08. The highest BCUT2D eigenvalue weighted by molar-refractivity contribution is 9.10. The van der Waals surface area contributed by atoms with Crippen LogP contribution in [0.5, 0.6) is 0 Å². The number of rotatable bonds is 2. The highest BCUT2D eigenvalue weighted by Gasteiger charge is 2.20. The first-order valence-corrected chi connectivity index (χ1v) is 7.49. The summed E-state index contributed by atoms with van der Waals surface area (Å²) >= 11 is 11.1. The van der Waals surface area contributed by atoms with Crippen LogP contribution in [-0.4, -0.2) is 17.4 Å². The second kappa shape index (κ2) is 5.15. The molecule has 0 aliphatic rings. The summed E-state index contributed by atoms with van der Waals surface area (Å²) in [5.41, 5.74) is 1.75. The maximum Gasteiger partial charge on any atom is 0.262 e. The summed E-state index contributed by atoms with van der Waals surface area (Å²) in [5.74, 6) is -0.0828. The lowest BCUT2D eigenvalue weighted by atomic mass is 10.2. The van der Waals surface area contributed by atoms with E-state index in [1.54, 1.807) is 0 Å². The van der Waals surface area contributed by atoms with Gasteiger partial charge in [-0.2, -0.15) is 0 Å². The van der Waals surface area contributed by atoms with Crippen LogP contribution in [0.1, 0.15) is 27.9 Å². The van der Waals surface area contributed by atoms with Gasteiger partial charge in [0, 0.05) is 11.9 Å². The average Bonchev–Trinajstić information content (AvgIpc) is 2.64. The van der Waals surface area contributed by atoms with Crippen LogP contribution in [-0.2, 0) is 0 Å². The molecular weight excluding hydrogens is 336 g/mol. The summed E-state index contributed by atoms with van der Waals surface area (Å²) in [6.07, 6.45) is 0. The molecular formula is C12H12BrClN2OS. The van der Waals surface area contributed by atoms with Crippen LogP contribution < -0.4 is 5.32 Å². The van der Waals surface area contributed by atoms with E-state index in [4.69, 9.17) is 11.6 Å². The Bertz CT molecular complexity index is 639. The van der Waals surface area contributed by atoms with Gasteiger partial charge in [-0.1, -0.05) is 11.6 Å². The van der Waals surface area contributed by atoms with Crippen molar-refractivity contribution in [2.24, 2.45) is 0 Å². The topological polar surface area (TPSA) is 42.0 Å². The lowest BCUT2D eigenvalue weighted by molar-refractivity contribution is 0.0959. The Morgan fingerprint density at radius 2 is 2.17 bits per heavy atom. The van der Waals surface area contributed by atoms with Gasteiger partial charge in [0.15, 0.2) is 0 Å². The SMILES string of the molecule is CCNC(=O)c1sc2nc(C)c(Cl)c(C)c2c1Br. The van der Waals surface area contributed by atoms with Crippen LogP contribution in [0, 0.1) is 13.8 Å². The minimum Gasteiger partial charge on any atom is -0.352 e. The lowest BCUT2D eigenvalue weighted by Crippen LogP contribution is -2.21. The van der Waals surface area contributed by atoms with E-state index in [0.717, 1.165) is 25.9 Å². The zero-order chi connectivity index (χ0) is 13.4. The Kier molecular flexibility index (Phi) is 3.94. The van der Waals surface area contributed by atoms with Crippen molar-refractivity contribution in [2.75, 3.05) is 6.54 Å². The highest BCUT2D eigenvalue weighted by atomic mass is 79.9. The maximum atomic E-state index is 11.9. The summed E-state index contributed by atoms with van der Waals surface area (Å²) in [6, 6.07) is 0. The molecule has 0 spiro atoms. The van der Waals surface area contributed by atoms with Crippen molar-refractivity contribution >= 4 is 55.0 Å². The van der Waals surface area contributed by atoms with Crippen LogP contribution in [0.3, 0.4) is 0 Å². The smallest absolute Gasteiger partial charge is 0.262 e. The fourth-order valence-electron chi connectivity index (χ4n) is 1.77. The predicted molar refractivity (Wildman–Crippen MR) is 79.8 cm³/mol. The highest BCUT2D eigenvalue weighted by Crippen LogP contribution is 2.39. The molecule has 0 aliphatic heterocycles. The number of carbonyl (C=O) groups excluding carboxylic acids is 1. The Balaban J connectivity index is 2.71. The largest absolute Gasteiger partial charge is 0.352 e. The molecule has 0 saturated heterocycles. The Hall–Kier alpha value is -0.650. The number of fused-ring (bicyclic) bond motifs is 1. The fourth-order valence-corrected chi connectivity index (χ4v) is 4.04. The maximum absolute atomic E-state index is 11.9. The molecule has 0 atom stereocenters.